The van der Waals surface area contributed by atoms with E-state index in [0.717, 1.165) is 25.7 Å². The summed E-state index contributed by atoms with van der Waals surface area (Å²) in [5.41, 5.74) is -0.107. The van der Waals surface area contributed by atoms with Crippen LogP contribution in [-0.4, -0.2) is 23.7 Å². The summed E-state index contributed by atoms with van der Waals surface area (Å²) in [5, 5.41) is 11.9. The standard InChI is InChI=1S/C9H17NO2/c1-10-9(7-8(11)12)5-3-2-4-6-9/h10H,2-7H2,1H3,(H,11,12). The summed E-state index contributed by atoms with van der Waals surface area (Å²) in [5.74, 6) is -0.689. The Balaban J connectivity index is 2.53. The molecule has 0 saturated heterocycles. The number of carboxylic acid groups (broad SMARTS) is 1. The molecule has 0 spiro atoms. The van der Waals surface area contributed by atoms with Crippen LogP contribution in [0.25, 0.3) is 0 Å². The molecule has 0 bridgehead atoms. The lowest BCUT2D eigenvalue weighted by molar-refractivity contribution is -0.139. The summed E-state index contributed by atoms with van der Waals surface area (Å²) in [7, 11) is 1.87. The molecule has 1 fully saturated rings. The molecule has 2 N–H and O–H groups in total. The van der Waals surface area contributed by atoms with E-state index in [4.69, 9.17) is 5.11 Å². The van der Waals surface area contributed by atoms with E-state index in [-0.39, 0.29) is 12.0 Å². The minimum absolute atomic E-state index is 0.107. The zero-order chi connectivity index (χ0) is 9.03. The van der Waals surface area contributed by atoms with E-state index in [1.54, 1.807) is 0 Å². The average molecular weight is 171 g/mol. The van der Waals surface area contributed by atoms with Crippen molar-refractivity contribution in [2.75, 3.05) is 7.05 Å². The third-order valence-electron chi connectivity index (χ3n) is 2.83. The maximum Gasteiger partial charge on any atom is 0.305 e. The first-order valence-electron chi connectivity index (χ1n) is 4.59. The fraction of sp³-hybridized carbons (Fsp3) is 0.889. The average Bonchev–Trinajstić information content (AvgIpc) is 2.05. The van der Waals surface area contributed by atoms with E-state index in [1.807, 2.05) is 7.05 Å². The first-order valence-corrected chi connectivity index (χ1v) is 4.59. The smallest absolute Gasteiger partial charge is 0.305 e. The van der Waals surface area contributed by atoms with E-state index < -0.39 is 5.97 Å². The molecule has 1 rings (SSSR count). The van der Waals surface area contributed by atoms with Crippen molar-refractivity contribution in [2.45, 2.75) is 44.1 Å². The molecule has 1 aliphatic rings. The summed E-state index contributed by atoms with van der Waals surface area (Å²) in [6.07, 6.45) is 5.86. The summed E-state index contributed by atoms with van der Waals surface area (Å²) < 4.78 is 0. The van der Waals surface area contributed by atoms with E-state index in [0.29, 0.717) is 0 Å². The molecule has 12 heavy (non-hydrogen) atoms. The van der Waals surface area contributed by atoms with Crippen molar-refractivity contribution >= 4 is 5.97 Å². The van der Waals surface area contributed by atoms with Gasteiger partial charge in [-0.2, -0.15) is 0 Å². The Morgan fingerprint density at radius 2 is 2.00 bits per heavy atom. The van der Waals surface area contributed by atoms with Gasteiger partial charge in [0.2, 0.25) is 0 Å². The van der Waals surface area contributed by atoms with Crippen molar-refractivity contribution in [3.8, 4) is 0 Å². The van der Waals surface area contributed by atoms with Gasteiger partial charge in [0, 0.05) is 5.54 Å². The minimum Gasteiger partial charge on any atom is -0.481 e. The number of aliphatic carboxylic acids is 1. The predicted molar refractivity (Wildman–Crippen MR) is 47.1 cm³/mol. The fourth-order valence-corrected chi connectivity index (χ4v) is 2.03. The van der Waals surface area contributed by atoms with Gasteiger partial charge in [-0.3, -0.25) is 4.79 Å². The monoisotopic (exact) mass is 171 g/mol. The second-order valence-electron chi connectivity index (χ2n) is 3.66. The molecule has 0 radical (unpaired) electrons. The van der Waals surface area contributed by atoms with E-state index >= 15 is 0 Å². The van der Waals surface area contributed by atoms with Gasteiger partial charge in [-0.25, -0.2) is 0 Å². The Kier molecular flexibility index (Phi) is 3.09. The molecular formula is C9H17NO2. The van der Waals surface area contributed by atoms with Crippen LogP contribution in [0.1, 0.15) is 38.5 Å². The molecule has 3 nitrogen and oxygen atoms in total. The van der Waals surface area contributed by atoms with Gasteiger partial charge < -0.3 is 10.4 Å². The number of hydrogen-bond acceptors (Lipinski definition) is 2. The van der Waals surface area contributed by atoms with E-state index in [9.17, 15) is 4.79 Å². The highest BCUT2D eigenvalue weighted by molar-refractivity contribution is 5.68. The Hall–Kier alpha value is -0.570. The van der Waals surface area contributed by atoms with Gasteiger partial charge in [-0.15, -0.1) is 0 Å². The summed E-state index contributed by atoms with van der Waals surface area (Å²) in [6, 6.07) is 0. The Morgan fingerprint density at radius 3 is 2.42 bits per heavy atom. The molecule has 0 aromatic heterocycles. The highest BCUT2D eigenvalue weighted by Crippen LogP contribution is 2.30. The molecular weight excluding hydrogens is 154 g/mol. The van der Waals surface area contributed by atoms with Crippen molar-refractivity contribution in [3.05, 3.63) is 0 Å². The van der Waals surface area contributed by atoms with Crippen LogP contribution in [0.3, 0.4) is 0 Å². The van der Waals surface area contributed by atoms with Gasteiger partial charge in [0.1, 0.15) is 0 Å². The lowest BCUT2D eigenvalue weighted by Crippen LogP contribution is -2.46. The van der Waals surface area contributed by atoms with Crippen LogP contribution in [0, 0.1) is 0 Å². The molecule has 0 aromatic carbocycles. The molecule has 0 aromatic rings. The van der Waals surface area contributed by atoms with Crippen molar-refractivity contribution in [1.82, 2.24) is 5.32 Å². The van der Waals surface area contributed by atoms with Gasteiger partial charge in [-0.05, 0) is 19.9 Å². The molecule has 0 unspecified atom stereocenters. The molecule has 0 amide bonds. The minimum atomic E-state index is -0.689. The van der Waals surface area contributed by atoms with Gasteiger partial charge in [0.15, 0.2) is 0 Å². The van der Waals surface area contributed by atoms with Crippen molar-refractivity contribution < 1.29 is 9.90 Å². The summed E-state index contributed by atoms with van der Waals surface area (Å²) >= 11 is 0. The molecule has 1 saturated carbocycles. The molecule has 0 atom stereocenters. The largest absolute Gasteiger partial charge is 0.481 e. The SMILES string of the molecule is CNC1(CC(=O)O)CCCCC1. The molecule has 0 heterocycles. The van der Waals surface area contributed by atoms with Crippen LogP contribution < -0.4 is 5.32 Å². The highest BCUT2D eigenvalue weighted by atomic mass is 16.4. The topological polar surface area (TPSA) is 49.3 Å². The summed E-state index contributed by atoms with van der Waals surface area (Å²) in [6.45, 7) is 0. The van der Waals surface area contributed by atoms with Crippen LogP contribution in [0.15, 0.2) is 0 Å². The molecule has 3 heteroatoms. The quantitative estimate of drug-likeness (QED) is 0.674. The van der Waals surface area contributed by atoms with Crippen LogP contribution in [0.2, 0.25) is 0 Å². The van der Waals surface area contributed by atoms with E-state index in [2.05, 4.69) is 5.32 Å². The maximum atomic E-state index is 10.6. The van der Waals surface area contributed by atoms with Crippen LogP contribution >= 0.6 is 0 Å². The Labute approximate surface area is 73.2 Å². The van der Waals surface area contributed by atoms with Crippen molar-refractivity contribution in [1.29, 1.82) is 0 Å². The van der Waals surface area contributed by atoms with Crippen molar-refractivity contribution in [3.63, 3.8) is 0 Å². The first kappa shape index (κ1) is 9.52. The van der Waals surface area contributed by atoms with Crippen LogP contribution in [0.4, 0.5) is 0 Å². The van der Waals surface area contributed by atoms with Gasteiger partial charge in [-0.1, -0.05) is 19.3 Å². The Bertz CT molecular complexity index is 162. The second-order valence-corrected chi connectivity index (χ2v) is 3.66. The summed E-state index contributed by atoms with van der Waals surface area (Å²) in [4.78, 5) is 10.6. The zero-order valence-corrected chi connectivity index (χ0v) is 7.60. The number of carboxylic acids is 1. The number of nitrogens with one attached hydrogen (secondary N) is 1. The van der Waals surface area contributed by atoms with Crippen LogP contribution in [0.5, 0.6) is 0 Å². The third-order valence-corrected chi connectivity index (χ3v) is 2.83. The number of rotatable bonds is 3. The van der Waals surface area contributed by atoms with E-state index in [1.165, 1.54) is 6.42 Å². The maximum absolute atomic E-state index is 10.6. The molecule has 70 valence electrons. The first-order chi connectivity index (χ1) is 5.68. The van der Waals surface area contributed by atoms with Crippen molar-refractivity contribution in [2.24, 2.45) is 0 Å². The van der Waals surface area contributed by atoms with Crippen LogP contribution in [-0.2, 0) is 4.79 Å². The normalized spacial score (nSPS) is 22.1. The lowest BCUT2D eigenvalue weighted by Gasteiger charge is -2.35. The zero-order valence-electron chi connectivity index (χ0n) is 7.60. The highest BCUT2D eigenvalue weighted by Gasteiger charge is 2.32. The number of hydrogen-bond donors (Lipinski definition) is 2. The Morgan fingerprint density at radius 1 is 1.42 bits per heavy atom. The lowest BCUT2D eigenvalue weighted by atomic mass is 9.79. The second kappa shape index (κ2) is 3.90. The third kappa shape index (κ3) is 2.21. The molecule has 0 aliphatic heterocycles. The number of carbonyl (C=O) groups is 1. The molecule has 1 aliphatic carbocycles. The van der Waals surface area contributed by atoms with Gasteiger partial charge in [0.25, 0.3) is 0 Å². The van der Waals surface area contributed by atoms with Gasteiger partial charge in [0.05, 0.1) is 6.42 Å². The van der Waals surface area contributed by atoms with Gasteiger partial charge >= 0.3 is 5.97 Å². The fourth-order valence-electron chi connectivity index (χ4n) is 2.03. The predicted octanol–water partition coefficient (Wildman–Crippen LogP) is 1.38.